The Labute approximate surface area is 119 Å². The second-order valence-corrected chi connectivity index (χ2v) is 5.03. The van der Waals surface area contributed by atoms with Gasteiger partial charge in [0.1, 0.15) is 6.04 Å². The Bertz CT molecular complexity index is 484. The maximum atomic E-state index is 12.2. The van der Waals surface area contributed by atoms with Gasteiger partial charge in [-0.05, 0) is 18.9 Å². The highest BCUT2D eigenvalue weighted by Crippen LogP contribution is 2.23. The Hall–Kier alpha value is -2.04. The predicted octanol–water partition coefficient (Wildman–Crippen LogP) is 1.59. The lowest BCUT2D eigenvalue weighted by Gasteiger charge is -2.35. The Balaban J connectivity index is 2.22. The van der Waals surface area contributed by atoms with E-state index in [1.165, 1.54) is 0 Å². The van der Waals surface area contributed by atoms with E-state index in [1.54, 1.807) is 4.90 Å². The van der Waals surface area contributed by atoms with E-state index in [9.17, 15) is 9.59 Å². The van der Waals surface area contributed by atoms with E-state index in [1.807, 2.05) is 38.1 Å². The molecule has 0 aliphatic carbocycles. The first-order valence-electron chi connectivity index (χ1n) is 7.02. The van der Waals surface area contributed by atoms with E-state index in [4.69, 9.17) is 0 Å². The monoisotopic (exact) mass is 275 g/mol. The number of carbonyl (C=O) groups is 2. The molecule has 5 nitrogen and oxygen atoms in total. The molecular formula is C15H21N3O2. The van der Waals surface area contributed by atoms with Crippen molar-refractivity contribution in [2.75, 3.05) is 19.6 Å². The molecule has 108 valence electrons. The molecule has 0 radical (unpaired) electrons. The Kier molecular flexibility index (Phi) is 4.61. The minimum absolute atomic E-state index is 0.119. The second kappa shape index (κ2) is 6.41. The molecule has 0 spiro atoms. The van der Waals surface area contributed by atoms with Crippen molar-refractivity contribution in [3.05, 3.63) is 35.4 Å². The standard InChI is InChI=1S/C15H21N3O2/c1-3-8-17-15(20)18-10-9-16-14(19)13(18)12-6-4-11(2)5-7-12/h4-7,13H,3,8-10H2,1-2H3,(H,16,19)(H,17,20). The fraction of sp³-hybridized carbons (Fsp3) is 0.467. The number of nitrogens with one attached hydrogen (secondary N) is 2. The molecule has 1 fully saturated rings. The van der Waals surface area contributed by atoms with Crippen LogP contribution in [0.25, 0.3) is 0 Å². The van der Waals surface area contributed by atoms with Crippen molar-refractivity contribution in [2.45, 2.75) is 26.3 Å². The predicted molar refractivity (Wildman–Crippen MR) is 77.3 cm³/mol. The Morgan fingerprint density at radius 2 is 2.10 bits per heavy atom. The molecule has 1 aliphatic rings. The maximum Gasteiger partial charge on any atom is 0.318 e. The fourth-order valence-electron chi connectivity index (χ4n) is 2.30. The zero-order valence-corrected chi connectivity index (χ0v) is 12.0. The molecular weight excluding hydrogens is 254 g/mol. The lowest BCUT2D eigenvalue weighted by Crippen LogP contribution is -2.54. The van der Waals surface area contributed by atoms with Gasteiger partial charge in [-0.1, -0.05) is 36.8 Å². The molecule has 0 aromatic heterocycles. The van der Waals surface area contributed by atoms with E-state index in [0.717, 1.165) is 17.5 Å². The van der Waals surface area contributed by atoms with Crippen LogP contribution < -0.4 is 10.6 Å². The number of piperazine rings is 1. The molecule has 20 heavy (non-hydrogen) atoms. The number of hydrogen-bond acceptors (Lipinski definition) is 2. The summed E-state index contributed by atoms with van der Waals surface area (Å²) in [6.45, 7) is 5.65. The van der Waals surface area contributed by atoms with Crippen molar-refractivity contribution in [1.82, 2.24) is 15.5 Å². The van der Waals surface area contributed by atoms with Crippen molar-refractivity contribution in [3.63, 3.8) is 0 Å². The summed E-state index contributed by atoms with van der Waals surface area (Å²) in [6.07, 6.45) is 0.876. The van der Waals surface area contributed by atoms with Crippen LogP contribution in [0.2, 0.25) is 0 Å². The van der Waals surface area contributed by atoms with E-state index in [0.29, 0.717) is 19.6 Å². The molecule has 2 rings (SSSR count). The van der Waals surface area contributed by atoms with Crippen LogP contribution in [-0.2, 0) is 4.79 Å². The van der Waals surface area contributed by atoms with E-state index in [2.05, 4.69) is 10.6 Å². The quantitative estimate of drug-likeness (QED) is 0.880. The largest absolute Gasteiger partial charge is 0.352 e. The van der Waals surface area contributed by atoms with Gasteiger partial charge < -0.3 is 15.5 Å². The van der Waals surface area contributed by atoms with Crippen molar-refractivity contribution in [1.29, 1.82) is 0 Å². The van der Waals surface area contributed by atoms with Gasteiger partial charge in [-0.3, -0.25) is 4.79 Å². The molecule has 1 atom stereocenters. The van der Waals surface area contributed by atoms with E-state index < -0.39 is 6.04 Å². The number of benzene rings is 1. The van der Waals surface area contributed by atoms with Crippen LogP contribution >= 0.6 is 0 Å². The molecule has 1 heterocycles. The molecule has 3 amide bonds. The number of urea groups is 1. The van der Waals surface area contributed by atoms with Crippen LogP contribution in [0.3, 0.4) is 0 Å². The number of aryl methyl sites for hydroxylation is 1. The Morgan fingerprint density at radius 1 is 1.40 bits per heavy atom. The molecule has 5 heteroatoms. The third-order valence-corrected chi connectivity index (χ3v) is 3.39. The minimum Gasteiger partial charge on any atom is -0.352 e. The number of hydrogen-bond donors (Lipinski definition) is 2. The third-order valence-electron chi connectivity index (χ3n) is 3.39. The summed E-state index contributed by atoms with van der Waals surface area (Å²) in [6, 6.07) is 7.02. The number of carbonyl (C=O) groups excluding carboxylic acids is 2. The maximum absolute atomic E-state index is 12.2. The first-order chi connectivity index (χ1) is 9.63. The van der Waals surface area contributed by atoms with Crippen molar-refractivity contribution in [3.8, 4) is 0 Å². The first-order valence-corrected chi connectivity index (χ1v) is 7.02. The first kappa shape index (κ1) is 14.4. The minimum atomic E-state index is -0.541. The highest BCUT2D eigenvalue weighted by atomic mass is 16.2. The highest BCUT2D eigenvalue weighted by molar-refractivity contribution is 5.89. The fourth-order valence-corrected chi connectivity index (χ4v) is 2.30. The summed E-state index contributed by atoms with van der Waals surface area (Å²) in [5.74, 6) is -0.119. The molecule has 1 saturated heterocycles. The van der Waals surface area contributed by atoms with Gasteiger partial charge in [0.05, 0.1) is 0 Å². The highest BCUT2D eigenvalue weighted by Gasteiger charge is 2.34. The van der Waals surface area contributed by atoms with Gasteiger partial charge in [-0.15, -0.1) is 0 Å². The van der Waals surface area contributed by atoms with Crippen molar-refractivity contribution >= 4 is 11.9 Å². The third kappa shape index (κ3) is 3.10. The number of amides is 3. The normalized spacial score (nSPS) is 18.6. The van der Waals surface area contributed by atoms with Crippen LogP contribution in [0.15, 0.2) is 24.3 Å². The van der Waals surface area contributed by atoms with Crippen LogP contribution in [0, 0.1) is 6.92 Å². The van der Waals surface area contributed by atoms with E-state index >= 15 is 0 Å². The average molecular weight is 275 g/mol. The Morgan fingerprint density at radius 3 is 2.75 bits per heavy atom. The van der Waals surface area contributed by atoms with Gasteiger partial charge in [-0.25, -0.2) is 4.79 Å². The van der Waals surface area contributed by atoms with Gasteiger partial charge in [0.15, 0.2) is 0 Å². The second-order valence-electron chi connectivity index (χ2n) is 5.03. The lowest BCUT2D eigenvalue weighted by molar-refractivity contribution is -0.127. The summed E-state index contributed by atoms with van der Waals surface area (Å²) in [5.41, 5.74) is 1.98. The zero-order valence-electron chi connectivity index (χ0n) is 12.0. The van der Waals surface area contributed by atoms with Crippen LogP contribution in [0.4, 0.5) is 4.79 Å². The number of rotatable bonds is 3. The summed E-state index contributed by atoms with van der Waals surface area (Å²) >= 11 is 0. The summed E-state index contributed by atoms with van der Waals surface area (Å²) in [7, 11) is 0. The molecule has 1 unspecified atom stereocenters. The number of nitrogens with zero attached hydrogens (tertiary/aromatic N) is 1. The zero-order chi connectivity index (χ0) is 14.5. The van der Waals surface area contributed by atoms with Crippen LogP contribution in [0.1, 0.15) is 30.5 Å². The molecule has 0 bridgehead atoms. The lowest BCUT2D eigenvalue weighted by atomic mass is 10.0. The molecule has 1 aromatic rings. The van der Waals surface area contributed by atoms with Gasteiger partial charge in [0.2, 0.25) is 5.91 Å². The summed E-state index contributed by atoms with van der Waals surface area (Å²) in [5, 5.41) is 5.67. The molecule has 1 aromatic carbocycles. The molecule has 2 N–H and O–H groups in total. The van der Waals surface area contributed by atoms with Gasteiger partial charge in [0.25, 0.3) is 0 Å². The van der Waals surface area contributed by atoms with Gasteiger partial charge in [0, 0.05) is 19.6 Å². The summed E-state index contributed by atoms with van der Waals surface area (Å²) < 4.78 is 0. The van der Waals surface area contributed by atoms with Crippen molar-refractivity contribution in [2.24, 2.45) is 0 Å². The van der Waals surface area contributed by atoms with Gasteiger partial charge in [-0.2, -0.15) is 0 Å². The van der Waals surface area contributed by atoms with Crippen LogP contribution in [-0.4, -0.2) is 36.5 Å². The smallest absolute Gasteiger partial charge is 0.318 e. The van der Waals surface area contributed by atoms with Crippen molar-refractivity contribution < 1.29 is 9.59 Å². The molecule has 0 saturated carbocycles. The summed E-state index contributed by atoms with van der Waals surface area (Å²) in [4.78, 5) is 25.9. The van der Waals surface area contributed by atoms with E-state index in [-0.39, 0.29) is 11.9 Å². The molecule has 1 aliphatic heterocycles. The van der Waals surface area contributed by atoms with Crippen LogP contribution in [0.5, 0.6) is 0 Å². The average Bonchev–Trinajstić information content (AvgIpc) is 2.45. The van der Waals surface area contributed by atoms with Gasteiger partial charge >= 0.3 is 6.03 Å². The SMILES string of the molecule is CCCNC(=O)N1CCNC(=O)C1c1ccc(C)cc1. The topological polar surface area (TPSA) is 61.4 Å².